The molecule has 6 heteroatoms. The predicted octanol–water partition coefficient (Wildman–Crippen LogP) is 5.58. The van der Waals surface area contributed by atoms with Gasteiger partial charge in [-0.1, -0.05) is 44.9 Å². The van der Waals surface area contributed by atoms with E-state index in [0.29, 0.717) is 23.5 Å². The second kappa shape index (κ2) is 9.92. The fourth-order valence-corrected chi connectivity index (χ4v) is 5.20. The fourth-order valence-electron chi connectivity index (χ4n) is 5.20. The van der Waals surface area contributed by atoms with Crippen LogP contribution in [0.5, 0.6) is 11.5 Å². The lowest BCUT2D eigenvalue weighted by Crippen LogP contribution is -2.37. The zero-order valence-corrected chi connectivity index (χ0v) is 20.3. The van der Waals surface area contributed by atoms with Gasteiger partial charge < -0.3 is 19.5 Å². The van der Waals surface area contributed by atoms with Gasteiger partial charge in [-0.25, -0.2) is 0 Å². The van der Waals surface area contributed by atoms with E-state index in [9.17, 15) is 14.7 Å². The summed E-state index contributed by atoms with van der Waals surface area (Å²) in [5.41, 5.74) is 2.24. The SMILES string of the molecule is CCOc1ccc(/C(O)=C2\C(=O)C(=O)N(C3CCCC3)C2c2ccccc2OC)cc1C(C)C. The Balaban J connectivity index is 1.91. The molecule has 0 spiro atoms. The number of benzene rings is 2. The highest BCUT2D eigenvalue weighted by molar-refractivity contribution is 6.46. The number of rotatable bonds is 7. The molecule has 0 bridgehead atoms. The lowest BCUT2D eigenvalue weighted by molar-refractivity contribution is -0.141. The summed E-state index contributed by atoms with van der Waals surface area (Å²) in [6, 6.07) is 12.1. The first-order valence-corrected chi connectivity index (χ1v) is 12.1. The third-order valence-corrected chi connectivity index (χ3v) is 6.84. The van der Waals surface area contributed by atoms with Crippen molar-refractivity contribution in [3.63, 3.8) is 0 Å². The summed E-state index contributed by atoms with van der Waals surface area (Å²) >= 11 is 0. The number of ketones is 1. The molecular weight excluding hydrogens is 430 g/mol. The Bertz CT molecular complexity index is 1110. The number of hydrogen-bond acceptors (Lipinski definition) is 5. The maximum absolute atomic E-state index is 13.4. The average molecular weight is 464 g/mol. The Morgan fingerprint density at radius 1 is 1.09 bits per heavy atom. The van der Waals surface area contributed by atoms with Crippen LogP contribution in [0.1, 0.15) is 75.1 Å². The molecule has 1 amide bonds. The van der Waals surface area contributed by atoms with E-state index in [4.69, 9.17) is 9.47 Å². The molecule has 1 aliphatic carbocycles. The Kier molecular flexibility index (Phi) is 6.96. The van der Waals surface area contributed by atoms with Crippen LogP contribution in [0.4, 0.5) is 0 Å². The van der Waals surface area contributed by atoms with Gasteiger partial charge in [0.1, 0.15) is 17.3 Å². The number of likely N-dealkylation sites (tertiary alicyclic amines) is 1. The van der Waals surface area contributed by atoms with Gasteiger partial charge in [-0.2, -0.15) is 0 Å². The highest BCUT2D eigenvalue weighted by atomic mass is 16.5. The largest absolute Gasteiger partial charge is 0.507 e. The number of methoxy groups -OCH3 is 1. The van der Waals surface area contributed by atoms with Crippen molar-refractivity contribution in [2.45, 2.75) is 64.5 Å². The van der Waals surface area contributed by atoms with Crippen LogP contribution in [-0.4, -0.2) is 41.5 Å². The number of Topliss-reactive ketones (excluding diaryl/α,β-unsaturated/α-hetero) is 1. The third-order valence-electron chi connectivity index (χ3n) is 6.84. The minimum absolute atomic E-state index is 0.0387. The van der Waals surface area contributed by atoms with Crippen molar-refractivity contribution in [1.82, 2.24) is 4.90 Å². The van der Waals surface area contributed by atoms with Crippen LogP contribution in [0, 0.1) is 0 Å². The zero-order valence-electron chi connectivity index (χ0n) is 20.3. The summed E-state index contributed by atoms with van der Waals surface area (Å²) in [5.74, 6) is 0.110. The Hall–Kier alpha value is -3.28. The summed E-state index contributed by atoms with van der Waals surface area (Å²) in [6.45, 7) is 6.56. The molecule has 6 nitrogen and oxygen atoms in total. The van der Waals surface area contributed by atoms with E-state index >= 15 is 0 Å². The number of aliphatic hydroxyl groups is 1. The van der Waals surface area contributed by atoms with Crippen LogP contribution >= 0.6 is 0 Å². The molecule has 2 aromatic carbocycles. The molecular formula is C28H33NO5. The topological polar surface area (TPSA) is 76.1 Å². The summed E-state index contributed by atoms with van der Waals surface area (Å²) in [4.78, 5) is 28.4. The quantitative estimate of drug-likeness (QED) is 0.329. The van der Waals surface area contributed by atoms with E-state index in [1.807, 2.05) is 43.3 Å². The minimum atomic E-state index is -0.701. The summed E-state index contributed by atoms with van der Waals surface area (Å²) in [5, 5.41) is 11.5. The molecule has 2 fully saturated rings. The second-order valence-corrected chi connectivity index (χ2v) is 9.23. The molecule has 2 aromatic rings. The smallest absolute Gasteiger partial charge is 0.295 e. The van der Waals surface area contributed by atoms with E-state index < -0.39 is 17.7 Å². The van der Waals surface area contributed by atoms with E-state index in [1.165, 1.54) is 0 Å². The maximum Gasteiger partial charge on any atom is 0.295 e. The molecule has 1 N–H and O–H groups in total. The number of hydrogen-bond donors (Lipinski definition) is 1. The summed E-state index contributed by atoms with van der Waals surface area (Å²) in [7, 11) is 1.57. The van der Waals surface area contributed by atoms with Gasteiger partial charge in [0.05, 0.1) is 25.3 Å². The first-order chi connectivity index (χ1) is 16.4. The number of para-hydroxylation sites is 1. The van der Waals surface area contributed by atoms with Crippen LogP contribution in [0.3, 0.4) is 0 Å². The highest BCUT2D eigenvalue weighted by Crippen LogP contribution is 2.46. The van der Waals surface area contributed by atoms with Gasteiger partial charge in [0, 0.05) is 17.2 Å². The van der Waals surface area contributed by atoms with Crippen molar-refractivity contribution in [3.8, 4) is 11.5 Å². The minimum Gasteiger partial charge on any atom is -0.507 e. The predicted molar refractivity (Wildman–Crippen MR) is 131 cm³/mol. The molecule has 0 aromatic heterocycles. The van der Waals surface area contributed by atoms with Crippen LogP contribution in [0.15, 0.2) is 48.0 Å². The number of ether oxygens (including phenoxy) is 2. The van der Waals surface area contributed by atoms with Gasteiger partial charge in [0.2, 0.25) is 0 Å². The normalized spacial score (nSPS) is 20.4. The number of carbonyl (C=O) groups is 2. The molecule has 2 aliphatic rings. The fraction of sp³-hybridized carbons (Fsp3) is 0.429. The number of amides is 1. The van der Waals surface area contributed by atoms with E-state index in [2.05, 4.69) is 13.8 Å². The maximum atomic E-state index is 13.4. The first kappa shape index (κ1) is 23.9. The molecule has 180 valence electrons. The monoisotopic (exact) mass is 463 g/mol. The second-order valence-electron chi connectivity index (χ2n) is 9.23. The Morgan fingerprint density at radius 2 is 1.79 bits per heavy atom. The summed E-state index contributed by atoms with van der Waals surface area (Å²) in [6.07, 6.45) is 3.73. The van der Waals surface area contributed by atoms with Crippen molar-refractivity contribution < 1.29 is 24.2 Å². The molecule has 1 aliphatic heterocycles. The zero-order chi connectivity index (χ0) is 24.4. The van der Waals surface area contributed by atoms with Crippen molar-refractivity contribution in [2.24, 2.45) is 0 Å². The molecule has 1 heterocycles. The lowest BCUT2D eigenvalue weighted by Gasteiger charge is -2.31. The van der Waals surface area contributed by atoms with Gasteiger partial charge in [0.15, 0.2) is 0 Å². The van der Waals surface area contributed by atoms with Crippen molar-refractivity contribution in [2.75, 3.05) is 13.7 Å². The number of carbonyl (C=O) groups excluding carboxylic acids is 2. The van der Waals surface area contributed by atoms with Crippen molar-refractivity contribution >= 4 is 17.4 Å². The van der Waals surface area contributed by atoms with Gasteiger partial charge >= 0.3 is 0 Å². The molecule has 1 saturated heterocycles. The van der Waals surface area contributed by atoms with E-state index in [1.54, 1.807) is 18.1 Å². The van der Waals surface area contributed by atoms with Crippen LogP contribution in [-0.2, 0) is 9.59 Å². The molecule has 0 radical (unpaired) electrons. The van der Waals surface area contributed by atoms with Gasteiger partial charge in [-0.3, -0.25) is 9.59 Å². The Labute approximate surface area is 201 Å². The van der Waals surface area contributed by atoms with Gasteiger partial charge in [0.25, 0.3) is 11.7 Å². The molecule has 34 heavy (non-hydrogen) atoms. The van der Waals surface area contributed by atoms with Gasteiger partial charge in [-0.05, 0) is 55.5 Å². The van der Waals surface area contributed by atoms with Gasteiger partial charge in [-0.15, -0.1) is 0 Å². The average Bonchev–Trinajstić information content (AvgIpc) is 3.45. The summed E-state index contributed by atoms with van der Waals surface area (Å²) < 4.78 is 11.4. The third kappa shape index (κ3) is 4.17. The van der Waals surface area contributed by atoms with Crippen LogP contribution < -0.4 is 9.47 Å². The lowest BCUT2D eigenvalue weighted by atomic mass is 9.92. The van der Waals surface area contributed by atoms with Crippen LogP contribution in [0.25, 0.3) is 5.76 Å². The molecule has 1 atom stereocenters. The first-order valence-electron chi connectivity index (χ1n) is 12.1. The highest BCUT2D eigenvalue weighted by Gasteiger charge is 2.50. The Morgan fingerprint density at radius 3 is 2.44 bits per heavy atom. The molecule has 4 rings (SSSR count). The standard InChI is InChI=1S/C28H33NO5/c1-5-34-23-15-14-18(16-21(23)17(2)3)26(30)24-25(20-12-8-9-13-22(20)33-4)29(28(32)27(24)31)19-10-6-7-11-19/h8-9,12-17,19,25,30H,5-7,10-11H2,1-4H3/b26-24+. The van der Waals surface area contributed by atoms with Crippen LogP contribution in [0.2, 0.25) is 0 Å². The molecule has 1 unspecified atom stereocenters. The number of aliphatic hydroxyl groups excluding tert-OH is 1. The molecule has 1 saturated carbocycles. The van der Waals surface area contributed by atoms with Crippen molar-refractivity contribution in [3.05, 3.63) is 64.7 Å². The van der Waals surface area contributed by atoms with E-state index in [-0.39, 0.29) is 23.3 Å². The number of nitrogens with zero attached hydrogens (tertiary/aromatic N) is 1. The van der Waals surface area contributed by atoms with Crippen molar-refractivity contribution in [1.29, 1.82) is 0 Å². The van der Waals surface area contributed by atoms with E-state index in [0.717, 1.165) is 37.0 Å².